The first-order valence-corrected chi connectivity index (χ1v) is 12.3. The molecule has 5 nitrogen and oxygen atoms in total. The van der Waals surface area contributed by atoms with Gasteiger partial charge in [0.25, 0.3) is 5.91 Å². The Bertz CT molecular complexity index is 785. The molecule has 1 heterocycles. The van der Waals surface area contributed by atoms with Crippen LogP contribution in [0.4, 0.5) is 0 Å². The predicted molar refractivity (Wildman–Crippen MR) is 131 cm³/mol. The minimum atomic E-state index is -0.169. The van der Waals surface area contributed by atoms with Crippen LogP contribution in [-0.4, -0.2) is 36.5 Å². The quantitative estimate of drug-likeness (QED) is 0.330. The minimum Gasteiger partial charge on any atom is -0.485 e. The van der Waals surface area contributed by atoms with Gasteiger partial charge in [-0.15, -0.1) is 0 Å². The first kappa shape index (κ1) is 26.0. The number of rotatable bonds is 15. The van der Waals surface area contributed by atoms with Gasteiger partial charge in [-0.25, -0.2) is 0 Å². The molecule has 2 rings (SSSR count). The predicted octanol–water partition coefficient (Wildman–Crippen LogP) is 6.28. The Labute approximate surface area is 194 Å². The van der Waals surface area contributed by atoms with Gasteiger partial charge >= 0.3 is 0 Å². The average molecular weight is 443 g/mol. The van der Waals surface area contributed by atoms with Crippen molar-refractivity contribution in [1.29, 1.82) is 0 Å². The fraction of sp³-hybridized carbons (Fsp3) is 0.593. The molecule has 32 heavy (non-hydrogen) atoms. The van der Waals surface area contributed by atoms with E-state index in [0.717, 1.165) is 36.5 Å². The van der Waals surface area contributed by atoms with Gasteiger partial charge in [-0.2, -0.15) is 0 Å². The highest BCUT2D eigenvalue weighted by Crippen LogP contribution is 2.23. The van der Waals surface area contributed by atoms with Gasteiger partial charge in [0.15, 0.2) is 5.76 Å². The molecule has 0 fully saturated rings. The molecular weight excluding hydrogens is 400 g/mol. The number of nitrogens with zero attached hydrogens (tertiary/aromatic N) is 1. The van der Waals surface area contributed by atoms with E-state index < -0.39 is 0 Å². The van der Waals surface area contributed by atoms with Gasteiger partial charge in [0.2, 0.25) is 0 Å². The van der Waals surface area contributed by atoms with Gasteiger partial charge < -0.3 is 19.4 Å². The van der Waals surface area contributed by atoms with Crippen molar-refractivity contribution in [2.24, 2.45) is 0 Å². The average Bonchev–Trinajstić information content (AvgIpc) is 3.23. The van der Waals surface area contributed by atoms with Crippen LogP contribution in [0, 0.1) is 13.8 Å². The number of nitrogens with one attached hydrogen (secondary N) is 1. The van der Waals surface area contributed by atoms with E-state index in [1.807, 2.05) is 38.1 Å². The van der Waals surface area contributed by atoms with E-state index in [-0.39, 0.29) is 11.9 Å². The molecule has 2 aromatic rings. The zero-order valence-electron chi connectivity index (χ0n) is 20.7. The van der Waals surface area contributed by atoms with Crippen LogP contribution in [0.15, 0.2) is 34.7 Å². The summed E-state index contributed by atoms with van der Waals surface area (Å²) < 4.78 is 11.7. The largest absolute Gasteiger partial charge is 0.485 e. The number of hydrogen-bond donors (Lipinski definition) is 1. The number of aryl methyl sites for hydroxylation is 2. The van der Waals surface area contributed by atoms with Crippen LogP contribution >= 0.6 is 0 Å². The molecule has 0 bridgehead atoms. The second-order valence-electron chi connectivity index (χ2n) is 8.86. The summed E-state index contributed by atoms with van der Waals surface area (Å²) in [6.07, 6.45) is 7.39. The Kier molecular flexibility index (Phi) is 11.4. The van der Waals surface area contributed by atoms with Crippen molar-refractivity contribution in [3.8, 4) is 5.75 Å². The number of para-hydroxylation sites is 1. The number of hydrogen-bond acceptors (Lipinski definition) is 4. The number of unbranched alkanes of at least 4 members (excludes halogenated alkanes) is 4. The molecule has 1 aromatic carbocycles. The van der Waals surface area contributed by atoms with E-state index in [1.54, 1.807) is 6.07 Å². The van der Waals surface area contributed by atoms with Crippen molar-refractivity contribution < 1.29 is 13.9 Å². The molecule has 0 saturated heterocycles. The third-order valence-electron chi connectivity index (χ3n) is 5.72. The van der Waals surface area contributed by atoms with Crippen molar-refractivity contribution in [1.82, 2.24) is 10.2 Å². The fourth-order valence-electron chi connectivity index (χ4n) is 3.94. The molecule has 0 radical (unpaired) electrons. The Morgan fingerprint density at radius 3 is 2.22 bits per heavy atom. The Balaban J connectivity index is 1.86. The molecule has 0 spiro atoms. The normalized spacial score (nSPS) is 12.2. The maximum absolute atomic E-state index is 12.7. The Morgan fingerprint density at radius 1 is 1.00 bits per heavy atom. The Hall–Kier alpha value is -2.27. The lowest BCUT2D eigenvalue weighted by Gasteiger charge is -2.26. The maximum Gasteiger partial charge on any atom is 0.287 e. The molecular formula is C27H42N2O3. The molecule has 0 saturated carbocycles. The summed E-state index contributed by atoms with van der Waals surface area (Å²) in [5.41, 5.74) is 2.18. The zero-order chi connectivity index (χ0) is 23.3. The van der Waals surface area contributed by atoms with Crippen LogP contribution in [-0.2, 0) is 6.61 Å². The second kappa shape index (κ2) is 14.0. The van der Waals surface area contributed by atoms with E-state index >= 15 is 0 Å². The van der Waals surface area contributed by atoms with Crippen LogP contribution in [0.3, 0.4) is 0 Å². The first-order chi connectivity index (χ1) is 15.4. The fourth-order valence-corrected chi connectivity index (χ4v) is 3.94. The number of ether oxygens (including phenoxy) is 1. The van der Waals surface area contributed by atoms with Gasteiger partial charge in [0, 0.05) is 12.6 Å². The summed E-state index contributed by atoms with van der Waals surface area (Å²) in [6.45, 7) is 13.9. The minimum absolute atomic E-state index is 0.0603. The lowest BCUT2D eigenvalue weighted by Crippen LogP contribution is -2.42. The lowest BCUT2D eigenvalue weighted by molar-refractivity contribution is 0.0896. The second-order valence-corrected chi connectivity index (χ2v) is 8.86. The third kappa shape index (κ3) is 8.70. The van der Waals surface area contributed by atoms with Gasteiger partial charge in [-0.3, -0.25) is 4.79 Å². The highest BCUT2D eigenvalue weighted by atomic mass is 16.5. The van der Waals surface area contributed by atoms with E-state index in [4.69, 9.17) is 9.15 Å². The number of benzene rings is 1. The van der Waals surface area contributed by atoms with E-state index in [1.165, 1.54) is 38.5 Å². The van der Waals surface area contributed by atoms with Crippen molar-refractivity contribution in [2.45, 2.75) is 85.8 Å². The van der Waals surface area contributed by atoms with Crippen LogP contribution < -0.4 is 10.1 Å². The smallest absolute Gasteiger partial charge is 0.287 e. The van der Waals surface area contributed by atoms with E-state index in [2.05, 4.69) is 31.0 Å². The Morgan fingerprint density at radius 2 is 1.62 bits per heavy atom. The van der Waals surface area contributed by atoms with Gasteiger partial charge in [0.1, 0.15) is 18.1 Å². The summed E-state index contributed by atoms with van der Waals surface area (Å²) in [5.74, 6) is 1.68. The van der Waals surface area contributed by atoms with Crippen LogP contribution in [0.1, 0.15) is 86.7 Å². The van der Waals surface area contributed by atoms with Crippen LogP contribution in [0.25, 0.3) is 0 Å². The molecule has 1 atom stereocenters. The van der Waals surface area contributed by atoms with Crippen molar-refractivity contribution >= 4 is 5.91 Å². The third-order valence-corrected chi connectivity index (χ3v) is 5.72. The zero-order valence-corrected chi connectivity index (χ0v) is 20.7. The summed E-state index contributed by atoms with van der Waals surface area (Å²) in [6, 6.07) is 9.67. The van der Waals surface area contributed by atoms with Gasteiger partial charge in [0.05, 0.1) is 0 Å². The monoisotopic (exact) mass is 442 g/mol. The summed E-state index contributed by atoms with van der Waals surface area (Å²) in [4.78, 5) is 15.2. The summed E-state index contributed by atoms with van der Waals surface area (Å²) in [5, 5.41) is 3.10. The molecule has 0 aliphatic heterocycles. The van der Waals surface area contributed by atoms with Crippen molar-refractivity contribution in [3.63, 3.8) is 0 Å². The van der Waals surface area contributed by atoms with E-state index in [0.29, 0.717) is 18.1 Å². The standard InChI is InChI=1S/C27H42N2O3/c1-6-8-10-17-29(18-11-9-7-2)19-23(5)28-27(30)25-16-15-24(32-25)20-31-26-21(3)13-12-14-22(26)4/h12-16,23H,6-11,17-20H2,1-5H3,(H,28,30). The lowest BCUT2D eigenvalue weighted by atomic mass is 10.1. The molecule has 1 N–H and O–H groups in total. The summed E-state index contributed by atoms with van der Waals surface area (Å²) in [7, 11) is 0. The topological polar surface area (TPSA) is 54.7 Å². The first-order valence-electron chi connectivity index (χ1n) is 12.3. The number of amides is 1. The number of furan rings is 1. The van der Waals surface area contributed by atoms with Gasteiger partial charge in [-0.1, -0.05) is 57.7 Å². The molecule has 1 aromatic heterocycles. The summed E-state index contributed by atoms with van der Waals surface area (Å²) >= 11 is 0. The van der Waals surface area contributed by atoms with Crippen LogP contribution in [0.5, 0.6) is 5.75 Å². The molecule has 0 aliphatic rings. The highest BCUT2D eigenvalue weighted by Gasteiger charge is 2.17. The van der Waals surface area contributed by atoms with E-state index in [9.17, 15) is 4.79 Å². The van der Waals surface area contributed by atoms with Crippen molar-refractivity contribution in [2.75, 3.05) is 19.6 Å². The molecule has 0 aliphatic carbocycles. The van der Waals surface area contributed by atoms with Gasteiger partial charge in [-0.05, 0) is 70.0 Å². The molecule has 5 heteroatoms. The van der Waals surface area contributed by atoms with Crippen LogP contribution in [0.2, 0.25) is 0 Å². The van der Waals surface area contributed by atoms with Crippen molar-refractivity contribution in [3.05, 3.63) is 53.0 Å². The maximum atomic E-state index is 12.7. The molecule has 1 unspecified atom stereocenters. The molecule has 1 amide bonds. The SMILES string of the molecule is CCCCCN(CCCCC)CC(C)NC(=O)c1ccc(COc2c(C)cccc2C)o1. The number of carbonyl (C=O) groups is 1. The molecule has 178 valence electrons. The number of carbonyl (C=O) groups excluding carboxylic acids is 1. The highest BCUT2D eigenvalue weighted by molar-refractivity contribution is 5.91.